The van der Waals surface area contributed by atoms with E-state index in [4.69, 9.17) is 0 Å². The Morgan fingerprint density at radius 2 is 2.24 bits per heavy atom. The summed E-state index contributed by atoms with van der Waals surface area (Å²) >= 11 is 3.49. The Hall–Kier alpha value is -0.830. The van der Waals surface area contributed by atoms with E-state index in [1.165, 1.54) is 4.88 Å². The SMILES string of the molecule is O=C(CCCCc1scc2[nH]c(=O)[nH]c12)NI. The molecule has 0 atom stereocenters. The molecule has 0 spiro atoms. The normalized spacial score (nSPS) is 10.9. The minimum Gasteiger partial charge on any atom is -0.305 e. The first kappa shape index (κ1) is 12.6. The quantitative estimate of drug-likeness (QED) is 0.431. The predicted octanol–water partition coefficient (Wildman–Crippen LogP) is 2.10. The second kappa shape index (κ2) is 5.67. The summed E-state index contributed by atoms with van der Waals surface area (Å²) in [6, 6.07) is 0. The summed E-state index contributed by atoms with van der Waals surface area (Å²) in [6.07, 6.45) is 3.27. The number of imidazole rings is 1. The highest BCUT2D eigenvalue weighted by Crippen LogP contribution is 2.23. The van der Waals surface area contributed by atoms with Crippen LogP contribution in [0, 0.1) is 0 Å². The number of carbonyl (C=O) groups is 1. The van der Waals surface area contributed by atoms with E-state index >= 15 is 0 Å². The number of unbranched alkanes of at least 4 members (excludes halogenated alkanes) is 1. The van der Waals surface area contributed by atoms with Crippen LogP contribution in [0.3, 0.4) is 0 Å². The van der Waals surface area contributed by atoms with E-state index in [1.54, 1.807) is 11.3 Å². The van der Waals surface area contributed by atoms with Crippen molar-refractivity contribution < 1.29 is 4.79 Å². The van der Waals surface area contributed by atoms with E-state index < -0.39 is 0 Å². The lowest BCUT2D eigenvalue weighted by Crippen LogP contribution is -2.10. The number of rotatable bonds is 5. The van der Waals surface area contributed by atoms with Gasteiger partial charge in [-0.2, -0.15) is 0 Å². The van der Waals surface area contributed by atoms with E-state index in [0.29, 0.717) is 6.42 Å². The molecule has 2 aromatic rings. The highest BCUT2D eigenvalue weighted by atomic mass is 127. The fourth-order valence-corrected chi connectivity index (χ4v) is 2.94. The van der Waals surface area contributed by atoms with Crippen molar-refractivity contribution in [1.82, 2.24) is 13.5 Å². The van der Waals surface area contributed by atoms with E-state index in [0.717, 1.165) is 30.3 Å². The summed E-state index contributed by atoms with van der Waals surface area (Å²) in [5, 5.41) is 1.94. The van der Waals surface area contributed by atoms with E-state index in [9.17, 15) is 9.59 Å². The van der Waals surface area contributed by atoms with Gasteiger partial charge >= 0.3 is 5.69 Å². The van der Waals surface area contributed by atoms with Crippen LogP contribution in [0.15, 0.2) is 10.2 Å². The Labute approximate surface area is 115 Å². The number of thiophene rings is 1. The molecule has 1 amide bonds. The van der Waals surface area contributed by atoms with Gasteiger partial charge in [0.25, 0.3) is 0 Å². The predicted molar refractivity (Wildman–Crippen MR) is 76.5 cm³/mol. The van der Waals surface area contributed by atoms with Crippen molar-refractivity contribution in [2.24, 2.45) is 0 Å². The number of aromatic amines is 2. The van der Waals surface area contributed by atoms with Crippen molar-refractivity contribution in [1.29, 1.82) is 0 Å². The number of carbonyl (C=O) groups excluding carboxylic acids is 1. The third-order valence-corrected chi connectivity index (χ3v) is 4.16. The van der Waals surface area contributed by atoms with Crippen LogP contribution in [0.25, 0.3) is 11.0 Å². The molecule has 2 heterocycles. The number of amides is 1. The minimum absolute atomic E-state index is 0.0666. The van der Waals surface area contributed by atoms with E-state index in [-0.39, 0.29) is 11.6 Å². The molecule has 0 aliphatic carbocycles. The number of hydrogen-bond donors (Lipinski definition) is 3. The first-order chi connectivity index (χ1) is 8.20. The maximum atomic E-state index is 11.1. The minimum atomic E-state index is -0.159. The van der Waals surface area contributed by atoms with Gasteiger partial charge in [0.15, 0.2) is 0 Å². The van der Waals surface area contributed by atoms with Crippen LogP contribution < -0.4 is 9.22 Å². The van der Waals surface area contributed by atoms with Crippen molar-refractivity contribution in [3.63, 3.8) is 0 Å². The average molecular weight is 365 g/mol. The zero-order valence-corrected chi connectivity index (χ0v) is 12.0. The third kappa shape index (κ3) is 3.09. The average Bonchev–Trinajstić information content (AvgIpc) is 2.84. The highest BCUT2D eigenvalue weighted by Gasteiger charge is 2.07. The molecule has 17 heavy (non-hydrogen) atoms. The molecule has 0 aliphatic heterocycles. The second-order valence-electron chi connectivity index (χ2n) is 3.75. The molecule has 2 aromatic heterocycles. The zero-order chi connectivity index (χ0) is 12.3. The number of fused-ring (bicyclic) bond motifs is 1. The summed E-state index contributed by atoms with van der Waals surface area (Å²) in [4.78, 5) is 28.8. The fraction of sp³-hybridized carbons (Fsp3) is 0.400. The van der Waals surface area contributed by atoms with Gasteiger partial charge in [0.05, 0.1) is 33.9 Å². The van der Waals surface area contributed by atoms with Crippen LogP contribution in [0.5, 0.6) is 0 Å². The van der Waals surface area contributed by atoms with Crippen LogP contribution in [-0.2, 0) is 11.2 Å². The molecule has 0 bridgehead atoms. The molecule has 0 aromatic carbocycles. The summed E-state index contributed by atoms with van der Waals surface area (Å²) in [5.74, 6) is 0.0666. The summed E-state index contributed by atoms with van der Waals surface area (Å²) in [5.41, 5.74) is 1.63. The van der Waals surface area contributed by atoms with Crippen molar-refractivity contribution in [3.8, 4) is 0 Å². The smallest absolute Gasteiger partial charge is 0.305 e. The van der Waals surface area contributed by atoms with Crippen molar-refractivity contribution in [2.75, 3.05) is 0 Å². The first-order valence-electron chi connectivity index (χ1n) is 5.28. The van der Waals surface area contributed by atoms with Gasteiger partial charge in [-0.25, -0.2) is 4.79 Å². The van der Waals surface area contributed by atoms with Gasteiger partial charge < -0.3 is 9.97 Å². The van der Waals surface area contributed by atoms with Gasteiger partial charge in [-0.3, -0.25) is 8.32 Å². The molecule has 2 rings (SSSR count). The van der Waals surface area contributed by atoms with Gasteiger partial charge in [-0.05, 0) is 19.3 Å². The molecule has 0 saturated heterocycles. The number of H-pyrrole nitrogens is 2. The van der Waals surface area contributed by atoms with Crippen molar-refractivity contribution in [3.05, 3.63) is 20.7 Å². The lowest BCUT2D eigenvalue weighted by molar-refractivity contribution is -0.118. The Morgan fingerprint density at radius 3 is 3.00 bits per heavy atom. The topological polar surface area (TPSA) is 77.8 Å². The molecule has 0 radical (unpaired) electrons. The molecular weight excluding hydrogens is 353 g/mol. The number of halogens is 1. The molecule has 0 saturated carbocycles. The van der Waals surface area contributed by atoms with Crippen LogP contribution >= 0.6 is 34.2 Å². The van der Waals surface area contributed by atoms with E-state index in [2.05, 4.69) is 13.5 Å². The maximum absolute atomic E-state index is 11.1. The molecular formula is C10H12IN3O2S. The molecule has 0 aliphatic rings. The number of aromatic nitrogens is 2. The number of hydrogen-bond acceptors (Lipinski definition) is 3. The standard InChI is InChI=1S/C10H12IN3O2S/c11-14-8(15)4-2-1-3-7-9-6(5-17-7)12-10(16)13-9/h5H,1-4H2,(H,14,15)(H2,12,13,16). The first-order valence-corrected chi connectivity index (χ1v) is 7.24. The lowest BCUT2D eigenvalue weighted by atomic mass is 10.1. The van der Waals surface area contributed by atoms with Gasteiger partial charge in [0, 0.05) is 16.7 Å². The maximum Gasteiger partial charge on any atom is 0.323 e. The number of nitrogens with one attached hydrogen (secondary N) is 3. The van der Waals surface area contributed by atoms with Gasteiger partial charge in [0.2, 0.25) is 5.91 Å². The van der Waals surface area contributed by atoms with Crippen LogP contribution in [-0.4, -0.2) is 15.9 Å². The number of aryl methyl sites for hydroxylation is 1. The molecule has 0 unspecified atom stereocenters. The molecule has 92 valence electrons. The fourth-order valence-electron chi connectivity index (χ4n) is 1.70. The Bertz CT molecular complexity index is 571. The van der Waals surface area contributed by atoms with E-state index in [1.807, 2.05) is 28.2 Å². The Kier molecular flexibility index (Phi) is 4.21. The summed E-state index contributed by atoms with van der Waals surface area (Å²) in [7, 11) is 0. The second-order valence-corrected chi connectivity index (χ2v) is 5.26. The zero-order valence-electron chi connectivity index (χ0n) is 9.01. The summed E-state index contributed by atoms with van der Waals surface area (Å²) < 4.78 is 2.57. The van der Waals surface area contributed by atoms with Crippen LogP contribution in [0.2, 0.25) is 0 Å². The monoisotopic (exact) mass is 365 g/mol. The summed E-state index contributed by atoms with van der Waals surface area (Å²) in [6.45, 7) is 0. The molecule has 5 nitrogen and oxygen atoms in total. The molecule has 7 heteroatoms. The van der Waals surface area contributed by atoms with Crippen LogP contribution in [0.1, 0.15) is 24.1 Å². The third-order valence-electron chi connectivity index (χ3n) is 2.52. The van der Waals surface area contributed by atoms with Gasteiger partial charge in [-0.1, -0.05) is 0 Å². The Balaban J connectivity index is 1.90. The van der Waals surface area contributed by atoms with Crippen molar-refractivity contribution >= 4 is 51.1 Å². The highest BCUT2D eigenvalue weighted by molar-refractivity contribution is 14.1. The Morgan fingerprint density at radius 1 is 1.41 bits per heavy atom. The molecule has 0 fully saturated rings. The molecule has 3 N–H and O–H groups in total. The van der Waals surface area contributed by atoms with Gasteiger partial charge in [-0.15, -0.1) is 11.3 Å². The largest absolute Gasteiger partial charge is 0.323 e. The van der Waals surface area contributed by atoms with Crippen LogP contribution in [0.4, 0.5) is 0 Å². The van der Waals surface area contributed by atoms with Gasteiger partial charge in [0.1, 0.15) is 0 Å². The lowest BCUT2D eigenvalue weighted by Gasteiger charge is -1.98. The van der Waals surface area contributed by atoms with Crippen molar-refractivity contribution in [2.45, 2.75) is 25.7 Å².